The van der Waals surface area contributed by atoms with Crippen LogP contribution in [0.5, 0.6) is 0 Å². The van der Waals surface area contributed by atoms with E-state index in [1.165, 1.54) is 38.2 Å². The third kappa shape index (κ3) is 5.81. The molecule has 24 heavy (non-hydrogen) atoms. The number of carbonyl (C=O) groups excluding carboxylic acids is 1. The summed E-state index contributed by atoms with van der Waals surface area (Å²) in [5.41, 5.74) is 0.650. The monoisotopic (exact) mass is 334 g/mol. The quantitative estimate of drug-likeness (QED) is 0.616. The van der Waals surface area contributed by atoms with E-state index < -0.39 is 0 Å². The van der Waals surface area contributed by atoms with E-state index in [2.05, 4.69) is 6.92 Å². The van der Waals surface area contributed by atoms with Crippen molar-refractivity contribution in [2.75, 3.05) is 31.1 Å². The fourth-order valence-corrected chi connectivity index (χ4v) is 3.30. The van der Waals surface area contributed by atoms with E-state index >= 15 is 0 Å². The topological polar surface area (TPSA) is 23.6 Å². The number of unbranched alkanes of at least 4 members (excludes halogenated alkanes) is 6. The fourth-order valence-electron chi connectivity index (χ4n) is 3.30. The van der Waals surface area contributed by atoms with Gasteiger partial charge in [0.05, 0.1) is 5.69 Å². The summed E-state index contributed by atoms with van der Waals surface area (Å²) in [6, 6.07) is 6.87. The predicted octanol–water partition coefficient (Wildman–Crippen LogP) is 4.62. The summed E-state index contributed by atoms with van der Waals surface area (Å²) < 4.78 is 13.8. The Kier molecular flexibility index (Phi) is 8.06. The van der Waals surface area contributed by atoms with Crippen LogP contribution in [0.1, 0.15) is 58.3 Å². The van der Waals surface area contributed by atoms with E-state index in [0.717, 1.165) is 12.8 Å². The van der Waals surface area contributed by atoms with Crippen molar-refractivity contribution in [3.63, 3.8) is 0 Å². The zero-order valence-corrected chi connectivity index (χ0v) is 15.0. The van der Waals surface area contributed by atoms with Gasteiger partial charge in [-0.1, -0.05) is 57.6 Å². The minimum Gasteiger partial charge on any atom is -0.366 e. The van der Waals surface area contributed by atoms with Crippen molar-refractivity contribution in [1.29, 1.82) is 0 Å². The number of benzene rings is 1. The molecule has 1 aromatic carbocycles. The summed E-state index contributed by atoms with van der Waals surface area (Å²) in [4.78, 5) is 16.3. The highest BCUT2D eigenvalue weighted by Gasteiger charge is 2.22. The maximum absolute atomic E-state index is 13.8. The molecule has 1 aliphatic rings. The van der Waals surface area contributed by atoms with Gasteiger partial charge in [0, 0.05) is 32.6 Å². The van der Waals surface area contributed by atoms with Crippen molar-refractivity contribution in [2.24, 2.45) is 0 Å². The highest BCUT2D eigenvalue weighted by molar-refractivity contribution is 5.76. The first-order valence-corrected chi connectivity index (χ1v) is 9.49. The molecule has 0 saturated carbocycles. The Balaban J connectivity index is 1.63. The lowest BCUT2D eigenvalue weighted by atomic mass is 10.1. The Hall–Kier alpha value is -1.58. The summed E-state index contributed by atoms with van der Waals surface area (Å²) in [6.07, 6.45) is 9.28. The second kappa shape index (κ2) is 10.3. The number of para-hydroxylation sites is 1. The molecule has 4 heteroatoms. The van der Waals surface area contributed by atoms with Gasteiger partial charge < -0.3 is 9.80 Å². The van der Waals surface area contributed by atoms with Gasteiger partial charge in [0.25, 0.3) is 0 Å². The van der Waals surface area contributed by atoms with E-state index in [0.29, 0.717) is 38.3 Å². The number of anilines is 1. The average Bonchev–Trinajstić information content (AvgIpc) is 2.61. The molecule has 1 saturated heterocycles. The highest BCUT2D eigenvalue weighted by atomic mass is 19.1. The molecule has 0 N–H and O–H groups in total. The van der Waals surface area contributed by atoms with Crippen molar-refractivity contribution in [1.82, 2.24) is 4.90 Å². The molecule has 134 valence electrons. The maximum Gasteiger partial charge on any atom is 0.222 e. The maximum atomic E-state index is 13.8. The van der Waals surface area contributed by atoms with E-state index in [1.807, 2.05) is 21.9 Å². The van der Waals surface area contributed by atoms with Crippen LogP contribution in [0, 0.1) is 5.82 Å². The van der Waals surface area contributed by atoms with Crippen molar-refractivity contribution < 1.29 is 9.18 Å². The van der Waals surface area contributed by atoms with Crippen LogP contribution in [-0.4, -0.2) is 37.0 Å². The first-order chi connectivity index (χ1) is 11.7. The lowest BCUT2D eigenvalue weighted by molar-refractivity contribution is -0.131. The summed E-state index contributed by atoms with van der Waals surface area (Å²) in [5, 5.41) is 0. The normalized spacial score (nSPS) is 14.9. The van der Waals surface area contributed by atoms with Gasteiger partial charge in [0.1, 0.15) is 5.82 Å². The van der Waals surface area contributed by atoms with Crippen LogP contribution in [0.4, 0.5) is 10.1 Å². The smallest absolute Gasteiger partial charge is 0.222 e. The fraction of sp³-hybridized carbons (Fsp3) is 0.650. The molecular formula is C20H31FN2O. The Morgan fingerprint density at radius 2 is 1.58 bits per heavy atom. The Morgan fingerprint density at radius 1 is 0.958 bits per heavy atom. The van der Waals surface area contributed by atoms with Crippen LogP contribution >= 0.6 is 0 Å². The number of hydrogen-bond acceptors (Lipinski definition) is 2. The van der Waals surface area contributed by atoms with Crippen molar-refractivity contribution >= 4 is 11.6 Å². The third-order valence-electron chi connectivity index (χ3n) is 4.82. The van der Waals surface area contributed by atoms with Crippen LogP contribution in [0.25, 0.3) is 0 Å². The summed E-state index contributed by atoms with van der Waals surface area (Å²) in [6.45, 7) is 5.05. The van der Waals surface area contributed by atoms with Gasteiger partial charge >= 0.3 is 0 Å². The molecule has 0 radical (unpaired) electrons. The van der Waals surface area contributed by atoms with Gasteiger partial charge in [-0.15, -0.1) is 0 Å². The van der Waals surface area contributed by atoms with E-state index in [-0.39, 0.29) is 11.7 Å². The standard InChI is InChI=1S/C20H31FN2O/c1-2-3-4-5-6-7-8-13-20(24)23-16-14-22(15-17-23)19-12-10-9-11-18(19)21/h9-12H,2-8,13-17H2,1H3. The average molecular weight is 334 g/mol. The van der Waals surface area contributed by atoms with E-state index in [1.54, 1.807) is 6.07 Å². The first kappa shape index (κ1) is 18.8. The molecule has 0 aromatic heterocycles. The Labute approximate surface area is 145 Å². The number of nitrogens with zero attached hydrogens (tertiary/aromatic N) is 2. The van der Waals surface area contributed by atoms with Crippen molar-refractivity contribution in [2.45, 2.75) is 58.3 Å². The molecule has 1 aliphatic heterocycles. The molecule has 0 atom stereocenters. The number of halogens is 1. The van der Waals surface area contributed by atoms with Gasteiger partial charge in [0.15, 0.2) is 0 Å². The van der Waals surface area contributed by atoms with Crippen LogP contribution in [0.2, 0.25) is 0 Å². The molecule has 0 bridgehead atoms. The molecule has 1 fully saturated rings. The second-order valence-electron chi connectivity index (χ2n) is 6.69. The number of amides is 1. The zero-order chi connectivity index (χ0) is 17.2. The van der Waals surface area contributed by atoms with Crippen LogP contribution in [-0.2, 0) is 4.79 Å². The van der Waals surface area contributed by atoms with Crippen LogP contribution in [0.15, 0.2) is 24.3 Å². The van der Waals surface area contributed by atoms with Gasteiger partial charge in [-0.25, -0.2) is 4.39 Å². The van der Waals surface area contributed by atoms with E-state index in [9.17, 15) is 9.18 Å². The lowest BCUT2D eigenvalue weighted by Gasteiger charge is -2.36. The van der Waals surface area contributed by atoms with Gasteiger partial charge in [0.2, 0.25) is 5.91 Å². The van der Waals surface area contributed by atoms with Gasteiger partial charge in [-0.05, 0) is 18.6 Å². The van der Waals surface area contributed by atoms with E-state index in [4.69, 9.17) is 0 Å². The molecule has 0 unspecified atom stereocenters. The number of hydrogen-bond donors (Lipinski definition) is 0. The SMILES string of the molecule is CCCCCCCCCC(=O)N1CCN(c2ccccc2F)CC1. The number of carbonyl (C=O) groups is 1. The molecule has 1 heterocycles. The summed E-state index contributed by atoms with van der Waals surface area (Å²) in [7, 11) is 0. The molecular weight excluding hydrogens is 303 g/mol. The van der Waals surface area contributed by atoms with Gasteiger partial charge in [-0.3, -0.25) is 4.79 Å². The number of piperazine rings is 1. The molecule has 1 amide bonds. The molecule has 1 aromatic rings. The van der Waals surface area contributed by atoms with Crippen molar-refractivity contribution in [3.8, 4) is 0 Å². The second-order valence-corrected chi connectivity index (χ2v) is 6.69. The van der Waals surface area contributed by atoms with Crippen molar-refractivity contribution in [3.05, 3.63) is 30.1 Å². The molecule has 3 nitrogen and oxygen atoms in total. The van der Waals surface area contributed by atoms with Gasteiger partial charge in [-0.2, -0.15) is 0 Å². The molecule has 2 rings (SSSR count). The molecule has 0 spiro atoms. The molecule has 0 aliphatic carbocycles. The minimum atomic E-state index is -0.180. The lowest BCUT2D eigenvalue weighted by Crippen LogP contribution is -2.49. The third-order valence-corrected chi connectivity index (χ3v) is 4.82. The Morgan fingerprint density at radius 3 is 2.25 bits per heavy atom. The largest absolute Gasteiger partial charge is 0.366 e. The summed E-state index contributed by atoms with van der Waals surface area (Å²) in [5.74, 6) is 0.0806. The number of rotatable bonds is 9. The Bertz CT molecular complexity index is 498. The van der Waals surface area contributed by atoms with Crippen LogP contribution < -0.4 is 4.90 Å². The zero-order valence-electron chi connectivity index (χ0n) is 15.0. The highest BCUT2D eigenvalue weighted by Crippen LogP contribution is 2.20. The first-order valence-electron chi connectivity index (χ1n) is 9.49. The predicted molar refractivity (Wildman–Crippen MR) is 97.8 cm³/mol. The minimum absolute atomic E-state index is 0.180. The van der Waals surface area contributed by atoms with Crippen LogP contribution in [0.3, 0.4) is 0 Å². The summed E-state index contributed by atoms with van der Waals surface area (Å²) >= 11 is 0.